The molecule has 0 aromatic carbocycles. The van der Waals surface area contributed by atoms with E-state index in [0.717, 1.165) is 18.4 Å². The summed E-state index contributed by atoms with van der Waals surface area (Å²) in [6.45, 7) is 2.09. The van der Waals surface area contributed by atoms with Crippen molar-refractivity contribution >= 4 is 0 Å². The summed E-state index contributed by atoms with van der Waals surface area (Å²) in [5.74, 6) is 0. The number of aromatic nitrogens is 2. The molecule has 1 saturated heterocycles. The molecule has 4 heteroatoms. The van der Waals surface area contributed by atoms with E-state index in [1.165, 1.54) is 0 Å². The fourth-order valence-electron chi connectivity index (χ4n) is 1.92. The van der Waals surface area contributed by atoms with Crippen LogP contribution in [0, 0.1) is 0 Å². The number of nitrogens with zero attached hydrogens (tertiary/aromatic N) is 2. The third-order valence-corrected chi connectivity index (χ3v) is 2.78. The molecule has 2 N–H and O–H groups in total. The first-order valence-corrected chi connectivity index (χ1v) is 5.06. The first kappa shape index (κ1) is 9.68. The third-order valence-electron chi connectivity index (χ3n) is 2.78. The van der Waals surface area contributed by atoms with Gasteiger partial charge in [0.15, 0.2) is 0 Å². The van der Waals surface area contributed by atoms with Gasteiger partial charge in [-0.15, -0.1) is 0 Å². The molecule has 0 aliphatic carbocycles. The normalized spacial score (nSPS) is 29.4. The van der Waals surface area contributed by atoms with Crippen LogP contribution >= 0.6 is 0 Å². The van der Waals surface area contributed by atoms with Crippen molar-refractivity contribution in [2.45, 2.75) is 38.0 Å². The molecule has 1 aliphatic heterocycles. The van der Waals surface area contributed by atoms with Gasteiger partial charge in [0, 0.05) is 18.8 Å². The molecular weight excluding hydrogens is 178 g/mol. The van der Waals surface area contributed by atoms with Crippen molar-refractivity contribution in [3.63, 3.8) is 0 Å². The molecule has 1 aromatic rings. The minimum absolute atomic E-state index is 0.0337. The van der Waals surface area contributed by atoms with Crippen LogP contribution in [0.15, 0.2) is 12.4 Å². The highest BCUT2D eigenvalue weighted by Crippen LogP contribution is 2.27. The van der Waals surface area contributed by atoms with Gasteiger partial charge in [0.25, 0.3) is 0 Å². The summed E-state index contributed by atoms with van der Waals surface area (Å²) in [5, 5.41) is 4.11. The van der Waals surface area contributed by atoms with Crippen LogP contribution in [0.2, 0.25) is 0 Å². The molecule has 14 heavy (non-hydrogen) atoms. The van der Waals surface area contributed by atoms with E-state index in [0.29, 0.717) is 6.10 Å². The Balaban J connectivity index is 2.05. The Hall–Kier alpha value is -0.870. The van der Waals surface area contributed by atoms with Crippen molar-refractivity contribution in [3.05, 3.63) is 18.0 Å². The molecule has 0 amide bonds. The number of rotatable bonds is 2. The van der Waals surface area contributed by atoms with Crippen molar-refractivity contribution in [1.82, 2.24) is 9.78 Å². The van der Waals surface area contributed by atoms with E-state index in [9.17, 15) is 0 Å². The maximum absolute atomic E-state index is 6.10. The van der Waals surface area contributed by atoms with Crippen LogP contribution < -0.4 is 5.73 Å². The van der Waals surface area contributed by atoms with Crippen molar-refractivity contribution in [2.24, 2.45) is 12.8 Å². The molecule has 2 heterocycles. The van der Waals surface area contributed by atoms with Gasteiger partial charge in [0.1, 0.15) is 0 Å². The number of hydrogen-bond donors (Lipinski definition) is 1. The third kappa shape index (κ3) is 1.81. The molecular formula is C10H17N3O. The van der Waals surface area contributed by atoms with Crippen LogP contribution in [0.3, 0.4) is 0 Å². The maximum atomic E-state index is 6.10. The highest BCUT2D eigenvalue weighted by molar-refractivity contribution is 5.12. The molecule has 0 saturated carbocycles. The van der Waals surface area contributed by atoms with Crippen molar-refractivity contribution < 1.29 is 4.74 Å². The second-order valence-corrected chi connectivity index (χ2v) is 4.04. The van der Waals surface area contributed by atoms with Crippen LogP contribution in [0.4, 0.5) is 0 Å². The number of hydrogen-bond acceptors (Lipinski definition) is 3. The molecule has 3 atom stereocenters. The average molecular weight is 195 g/mol. The van der Waals surface area contributed by atoms with E-state index >= 15 is 0 Å². The fraction of sp³-hybridized carbons (Fsp3) is 0.700. The number of aryl methyl sites for hydroxylation is 1. The van der Waals surface area contributed by atoms with E-state index in [-0.39, 0.29) is 12.1 Å². The van der Waals surface area contributed by atoms with Gasteiger partial charge in [-0.1, -0.05) is 0 Å². The van der Waals surface area contributed by atoms with E-state index in [1.807, 2.05) is 19.4 Å². The average Bonchev–Trinajstić information content (AvgIpc) is 2.73. The standard InChI is InChI=1S/C10H17N3O/c1-7-3-4-9(14-7)10(11)8-5-12-13(2)6-8/h5-7,9-10H,3-4,11H2,1-2H3. The highest BCUT2D eigenvalue weighted by Gasteiger charge is 2.28. The minimum atomic E-state index is -0.0337. The highest BCUT2D eigenvalue weighted by atomic mass is 16.5. The second-order valence-electron chi connectivity index (χ2n) is 4.04. The number of nitrogens with two attached hydrogens (primary N) is 1. The molecule has 1 aliphatic rings. The zero-order valence-electron chi connectivity index (χ0n) is 8.68. The Morgan fingerprint density at radius 3 is 2.93 bits per heavy atom. The second kappa shape index (κ2) is 3.71. The van der Waals surface area contributed by atoms with Crippen LogP contribution in [-0.2, 0) is 11.8 Å². The summed E-state index contributed by atoms with van der Waals surface area (Å²) in [6.07, 6.45) is 6.45. The zero-order valence-corrected chi connectivity index (χ0v) is 8.68. The monoisotopic (exact) mass is 195 g/mol. The van der Waals surface area contributed by atoms with E-state index in [1.54, 1.807) is 4.68 Å². The quantitative estimate of drug-likeness (QED) is 0.765. The molecule has 78 valence electrons. The predicted octanol–water partition coefficient (Wildman–Crippen LogP) is 0.987. The largest absolute Gasteiger partial charge is 0.373 e. The van der Waals surface area contributed by atoms with Crippen molar-refractivity contribution in [2.75, 3.05) is 0 Å². The summed E-state index contributed by atoms with van der Waals surface area (Å²) < 4.78 is 7.50. The SMILES string of the molecule is CC1CCC(C(N)c2cnn(C)c2)O1. The van der Waals surface area contributed by atoms with Crippen LogP contribution in [0.25, 0.3) is 0 Å². The first-order valence-electron chi connectivity index (χ1n) is 5.06. The summed E-state index contributed by atoms with van der Waals surface area (Å²) in [6, 6.07) is -0.0337. The van der Waals surface area contributed by atoms with Gasteiger partial charge >= 0.3 is 0 Å². The Morgan fingerprint density at radius 2 is 2.43 bits per heavy atom. The van der Waals surface area contributed by atoms with Crippen LogP contribution in [0.5, 0.6) is 0 Å². The van der Waals surface area contributed by atoms with E-state index in [2.05, 4.69) is 12.0 Å². The van der Waals surface area contributed by atoms with Gasteiger partial charge in [0.05, 0.1) is 24.4 Å². The van der Waals surface area contributed by atoms with E-state index in [4.69, 9.17) is 10.5 Å². The van der Waals surface area contributed by atoms with E-state index < -0.39 is 0 Å². The molecule has 0 spiro atoms. The Morgan fingerprint density at radius 1 is 1.64 bits per heavy atom. The van der Waals surface area contributed by atoms with Crippen LogP contribution in [0.1, 0.15) is 31.4 Å². The van der Waals surface area contributed by atoms with Crippen molar-refractivity contribution in [3.8, 4) is 0 Å². The summed E-state index contributed by atoms with van der Waals surface area (Å²) in [7, 11) is 1.90. The lowest BCUT2D eigenvalue weighted by Gasteiger charge is -2.17. The lowest BCUT2D eigenvalue weighted by atomic mass is 10.0. The van der Waals surface area contributed by atoms with Gasteiger partial charge in [0.2, 0.25) is 0 Å². The molecule has 4 nitrogen and oxygen atoms in total. The molecule has 2 rings (SSSR count). The summed E-state index contributed by atoms with van der Waals surface area (Å²) in [5.41, 5.74) is 7.16. The molecule has 0 radical (unpaired) electrons. The summed E-state index contributed by atoms with van der Waals surface area (Å²) >= 11 is 0. The maximum Gasteiger partial charge on any atom is 0.0773 e. The molecule has 1 fully saturated rings. The first-order chi connectivity index (χ1) is 6.66. The van der Waals surface area contributed by atoms with Gasteiger partial charge < -0.3 is 10.5 Å². The molecule has 3 unspecified atom stereocenters. The van der Waals surface area contributed by atoms with Gasteiger partial charge in [-0.2, -0.15) is 5.10 Å². The minimum Gasteiger partial charge on any atom is -0.373 e. The molecule has 0 bridgehead atoms. The Bertz CT molecular complexity index is 310. The van der Waals surface area contributed by atoms with Crippen molar-refractivity contribution in [1.29, 1.82) is 0 Å². The Kier molecular flexibility index (Phi) is 2.56. The lowest BCUT2D eigenvalue weighted by Crippen LogP contribution is -2.25. The van der Waals surface area contributed by atoms with Gasteiger partial charge in [-0.25, -0.2) is 0 Å². The topological polar surface area (TPSA) is 53.1 Å². The predicted molar refractivity (Wildman–Crippen MR) is 53.7 cm³/mol. The summed E-state index contributed by atoms with van der Waals surface area (Å²) in [4.78, 5) is 0. The zero-order chi connectivity index (χ0) is 10.1. The van der Waals surface area contributed by atoms with Gasteiger partial charge in [-0.3, -0.25) is 4.68 Å². The lowest BCUT2D eigenvalue weighted by molar-refractivity contribution is 0.0401. The fourth-order valence-corrected chi connectivity index (χ4v) is 1.92. The van der Waals surface area contributed by atoms with Gasteiger partial charge in [-0.05, 0) is 19.8 Å². The Labute approximate surface area is 84.0 Å². The number of ether oxygens (including phenoxy) is 1. The molecule has 1 aromatic heterocycles. The van der Waals surface area contributed by atoms with Crippen LogP contribution in [-0.4, -0.2) is 22.0 Å². The smallest absolute Gasteiger partial charge is 0.0773 e.